The molecule has 1 atom stereocenters. The molecule has 2 aliphatic heterocycles. The number of amides is 1. The third kappa shape index (κ3) is 5.01. The minimum atomic E-state index is -3.62. The highest BCUT2D eigenvalue weighted by atomic mass is 32.2. The van der Waals surface area contributed by atoms with E-state index in [0.29, 0.717) is 43.5 Å². The molecular formula is C21H22N2O8S. The van der Waals surface area contributed by atoms with Gasteiger partial charge in [0.1, 0.15) is 6.61 Å². The monoisotopic (exact) mass is 462 g/mol. The Balaban J connectivity index is 1.27. The molecule has 1 amide bonds. The molecule has 4 rings (SSSR count). The molecule has 170 valence electrons. The lowest BCUT2D eigenvalue weighted by molar-refractivity contribution is -0.156. The lowest BCUT2D eigenvalue weighted by Gasteiger charge is -2.26. The number of ether oxygens (including phenoxy) is 4. The number of sulfonamides is 1. The van der Waals surface area contributed by atoms with Crippen molar-refractivity contribution in [3.8, 4) is 11.5 Å². The topological polar surface area (TPSA) is 120 Å². The number of anilines is 1. The summed E-state index contributed by atoms with van der Waals surface area (Å²) >= 11 is 0. The van der Waals surface area contributed by atoms with Gasteiger partial charge < -0.3 is 24.3 Å². The molecule has 0 aromatic heterocycles. The maximum Gasteiger partial charge on any atom is 0.351 e. The number of esters is 1. The van der Waals surface area contributed by atoms with Gasteiger partial charge in [-0.25, -0.2) is 13.2 Å². The maximum atomic E-state index is 12.6. The van der Waals surface area contributed by atoms with Gasteiger partial charge in [0.2, 0.25) is 16.1 Å². The smallest absolute Gasteiger partial charge is 0.351 e. The number of hydrogen-bond acceptors (Lipinski definition) is 8. The third-order valence-corrected chi connectivity index (χ3v) is 6.78. The molecule has 32 heavy (non-hydrogen) atoms. The second kappa shape index (κ2) is 9.55. The first kappa shape index (κ1) is 22.1. The highest BCUT2D eigenvalue weighted by molar-refractivity contribution is 7.89. The van der Waals surface area contributed by atoms with Gasteiger partial charge in [-0.2, -0.15) is 4.31 Å². The van der Waals surface area contributed by atoms with Crippen molar-refractivity contribution in [2.24, 2.45) is 0 Å². The van der Waals surface area contributed by atoms with E-state index in [-0.39, 0.29) is 11.5 Å². The Morgan fingerprint density at radius 2 is 1.72 bits per heavy atom. The molecule has 2 aliphatic rings. The summed E-state index contributed by atoms with van der Waals surface area (Å²) in [7, 11) is -3.62. The highest BCUT2D eigenvalue weighted by Gasteiger charge is 2.29. The van der Waals surface area contributed by atoms with Crippen molar-refractivity contribution in [2.75, 3.05) is 44.8 Å². The van der Waals surface area contributed by atoms with Crippen molar-refractivity contribution in [3.63, 3.8) is 0 Å². The number of morpholine rings is 1. The summed E-state index contributed by atoms with van der Waals surface area (Å²) in [5.74, 6) is -0.327. The third-order valence-electron chi connectivity index (χ3n) is 4.86. The Hall–Kier alpha value is -3.15. The van der Waals surface area contributed by atoms with Gasteiger partial charge in [0, 0.05) is 18.8 Å². The van der Waals surface area contributed by atoms with Crippen LogP contribution in [-0.2, 0) is 29.1 Å². The van der Waals surface area contributed by atoms with E-state index >= 15 is 0 Å². The summed E-state index contributed by atoms with van der Waals surface area (Å²) in [6.07, 6.45) is -0.970. The summed E-state index contributed by atoms with van der Waals surface area (Å²) < 4.78 is 47.8. The molecule has 11 heteroatoms. The van der Waals surface area contributed by atoms with Crippen LogP contribution in [0.4, 0.5) is 5.69 Å². The fourth-order valence-corrected chi connectivity index (χ4v) is 4.62. The van der Waals surface area contributed by atoms with Crippen molar-refractivity contribution < 1.29 is 37.0 Å². The van der Waals surface area contributed by atoms with Crippen LogP contribution in [0.2, 0.25) is 0 Å². The zero-order valence-electron chi connectivity index (χ0n) is 17.1. The second-order valence-electron chi connectivity index (χ2n) is 7.06. The molecule has 1 saturated heterocycles. The lowest BCUT2D eigenvalue weighted by Crippen LogP contribution is -2.40. The van der Waals surface area contributed by atoms with Gasteiger partial charge in [-0.1, -0.05) is 12.1 Å². The molecule has 0 bridgehead atoms. The van der Waals surface area contributed by atoms with Gasteiger partial charge >= 0.3 is 5.97 Å². The number of hydrogen-bond donors (Lipinski definition) is 1. The summed E-state index contributed by atoms with van der Waals surface area (Å²) in [4.78, 5) is 24.4. The standard InChI is InChI=1S/C21H22N2O8S/c24-20(14-30-21(25)19-13-29-17-3-1-2-4-18(17)31-19)22-15-5-7-16(8-6-15)32(26,27)23-9-11-28-12-10-23/h1-8,19H,9-14H2,(H,22,24)/t19-/m0/s1. The number of benzene rings is 2. The largest absolute Gasteiger partial charge is 0.485 e. The second-order valence-corrected chi connectivity index (χ2v) is 9.00. The van der Waals surface area contributed by atoms with E-state index in [4.69, 9.17) is 18.9 Å². The quantitative estimate of drug-likeness (QED) is 0.632. The molecular weight excluding hydrogens is 440 g/mol. The van der Waals surface area contributed by atoms with Crippen molar-refractivity contribution in [1.29, 1.82) is 0 Å². The van der Waals surface area contributed by atoms with Gasteiger partial charge in [-0.15, -0.1) is 0 Å². The molecule has 0 aliphatic carbocycles. The van der Waals surface area contributed by atoms with E-state index in [1.807, 2.05) is 0 Å². The average molecular weight is 462 g/mol. The van der Waals surface area contributed by atoms with E-state index < -0.39 is 34.6 Å². The van der Waals surface area contributed by atoms with Crippen LogP contribution >= 0.6 is 0 Å². The minimum absolute atomic E-state index is 0.0173. The number of rotatable bonds is 6. The molecule has 0 radical (unpaired) electrons. The van der Waals surface area contributed by atoms with E-state index in [9.17, 15) is 18.0 Å². The first-order valence-electron chi connectivity index (χ1n) is 9.96. The van der Waals surface area contributed by atoms with Crippen LogP contribution in [0, 0.1) is 0 Å². The van der Waals surface area contributed by atoms with Crippen LogP contribution in [0.25, 0.3) is 0 Å². The zero-order chi connectivity index (χ0) is 22.6. The first-order valence-corrected chi connectivity index (χ1v) is 11.4. The normalized spacial score (nSPS) is 18.6. The molecule has 0 spiro atoms. The number of fused-ring (bicyclic) bond motifs is 1. The predicted molar refractivity (Wildman–Crippen MR) is 112 cm³/mol. The predicted octanol–water partition coefficient (Wildman–Crippen LogP) is 1.03. The lowest BCUT2D eigenvalue weighted by atomic mass is 10.2. The molecule has 10 nitrogen and oxygen atoms in total. The van der Waals surface area contributed by atoms with Crippen LogP contribution in [0.3, 0.4) is 0 Å². The summed E-state index contributed by atoms with van der Waals surface area (Å²) in [6, 6.07) is 12.7. The highest BCUT2D eigenvalue weighted by Crippen LogP contribution is 2.31. The van der Waals surface area contributed by atoms with E-state index in [0.717, 1.165) is 0 Å². The van der Waals surface area contributed by atoms with E-state index in [1.54, 1.807) is 24.3 Å². The minimum Gasteiger partial charge on any atom is -0.485 e. The Labute approximate surface area is 185 Å². The Bertz CT molecular complexity index is 1080. The van der Waals surface area contributed by atoms with Crippen LogP contribution < -0.4 is 14.8 Å². The summed E-state index contributed by atoms with van der Waals surface area (Å²) in [5, 5.41) is 2.56. The molecule has 0 unspecified atom stereocenters. The molecule has 1 fully saturated rings. The van der Waals surface area contributed by atoms with Gasteiger partial charge in [0.25, 0.3) is 5.91 Å². The van der Waals surface area contributed by atoms with Crippen molar-refractivity contribution in [1.82, 2.24) is 4.31 Å². The fourth-order valence-electron chi connectivity index (χ4n) is 3.21. The van der Waals surface area contributed by atoms with Gasteiger partial charge in [0.15, 0.2) is 18.1 Å². The van der Waals surface area contributed by atoms with E-state index in [2.05, 4.69) is 5.32 Å². The number of nitrogens with zero attached hydrogens (tertiary/aromatic N) is 1. The van der Waals surface area contributed by atoms with Gasteiger partial charge in [0.05, 0.1) is 18.1 Å². The number of nitrogens with one attached hydrogen (secondary N) is 1. The summed E-state index contributed by atoms with van der Waals surface area (Å²) in [6.45, 7) is 0.777. The van der Waals surface area contributed by atoms with Crippen molar-refractivity contribution >= 4 is 27.6 Å². The van der Waals surface area contributed by atoms with E-state index in [1.165, 1.54) is 28.6 Å². The molecule has 1 N–H and O–H groups in total. The average Bonchev–Trinajstić information content (AvgIpc) is 2.83. The van der Waals surface area contributed by atoms with Gasteiger partial charge in [-0.05, 0) is 36.4 Å². The van der Waals surface area contributed by atoms with Crippen LogP contribution in [-0.4, -0.2) is 70.2 Å². The Morgan fingerprint density at radius 1 is 1.03 bits per heavy atom. The van der Waals surface area contributed by atoms with Crippen LogP contribution in [0.5, 0.6) is 11.5 Å². The Kier molecular flexibility index (Phi) is 6.58. The van der Waals surface area contributed by atoms with Crippen LogP contribution in [0.1, 0.15) is 0 Å². The Morgan fingerprint density at radius 3 is 2.44 bits per heavy atom. The van der Waals surface area contributed by atoms with Gasteiger partial charge in [-0.3, -0.25) is 4.79 Å². The number of carbonyl (C=O) groups is 2. The zero-order valence-corrected chi connectivity index (χ0v) is 17.9. The van der Waals surface area contributed by atoms with Crippen molar-refractivity contribution in [2.45, 2.75) is 11.0 Å². The molecule has 2 heterocycles. The molecule has 0 saturated carbocycles. The SMILES string of the molecule is O=C(COC(=O)[C@@H]1COc2ccccc2O1)Nc1ccc(S(=O)(=O)N2CCOCC2)cc1. The maximum absolute atomic E-state index is 12.6. The van der Waals surface area contributed by atoms with Crippen LogP contribution in [0.15, 0.2) is 53.4 Å². The number of para-hydroxylation sites is 2. The number of carbonyl (C=O) groups excluding carboxylic acids is 2. The molecule has 2 aromatic rings. The first-order chi connectivity index (χ1) is 15.4. The molecule has 2 aromatic carbocycles. The fraction of sp³-hybridized carbons (Fsp3) is 0.333. The summed E-state index contributed by atoms with van der Waals surface area (Å²) in [5.41, 5.74) is 0.373. The van der Waals surface area contributed by atoms with Crippen molar-refractivity contribution in [3.05, 3.63) is 48.5 Å².